The molecule has 0 aromatic rings. The summed E-state index contributed by atoms with van der Waals surface area (Å²) in [5.41, 5.74) is 0. The summed E-state index contributed by atoms with van der Waals surface area (Å²) in [4.78, 5) is 2.41. The smallest absolute Gasteiger partial charge is 0.0932 e. The maximum Gasteiger partial charge on any atom is 0.0932 e. The Hall–Kier alpha value is -0.160. The van der Waals surface area contributed by atoms with E-state index in [9.17, 15) is 5.11 Å². The van der Waals surface area contributed by atoms with E-state index in [4.69, 9.17) is 9.84 Å². The lowest BCUT2D eigenvalue weighted by Crippen LogP contribution is -2.50. The third-order valence-electron chi connectivity index (χ3n) is 3.56. The molecule has 4 heteroatoms. The fourth-order valence-corrected chi connectivity index (χ4v) is 2.61. The molecule has 2 N–H and O–H groups in total. The molecule has 1 saturated heterocycles. The first-order valence-corrected chi connectivity index (χ1v) is 5.94. The van der Waals surface area contributed by atoms with Gasteiger partial charge in [-0.2, -0.15) is 0 Å². The normalized spacial score (nSPS) is 39.2. The third-order valence-corrected chi connectivity index (χ3v) is 3.56. The van der Waals surface area contributed by atoms with E-state index < -0.39 is 0 Å². The minimum atomic E-state index is -0.0871. The fraction of sp³-hybridized carbons (Fsp3) is 1.00. The van der Waals surface area contributed by atoms with Crippen LogP contribution in [-0.4, -0.2) is 59.7 Å². The highest BCUT2D eigenvalue weighted by Gasteiger charge is 2.28. The van der Waals surface area contributed by atoms with Crippen LogP contribution in [0, 0.1) is 0 Å². The van der Waals surface area contributed by atoms with Gasteiger partial charge in [-0.25, -0.2) is 0 Å². The molecule has 2 rings (SSSR count). The fourth-order valence-electron chi connectivity index (χ4n) is 2.61. The second-order valence-electron chi connectivity index (χ2n) is 4.63. The summed E-state index contributed by atoms with van der Waals surface area (Å²) in [7, 11) is 0. The van der Waals surface area contributed by atoms with Gasteiger partial charge in [0, 0.05) is 19.1 Å². The van der Waals surface area contributed by atoms with Crippen LogP contribution >= 0.6 is 0 Å². The van der Waals surface area contributed by atoms with Crippen molar-refractivity contribution in [2.45, 2.75) is 43.9 Å². The van der Waals surface area contributed by atoms with Crippen molar-refractivity contribution in [3.05, 3.63) is 0 Å². The van der Waals surface area contributed by atoms with Gasteiger partial charge in [0.25, 0.3) is 0 Å². The summed E-state index contributed by atoms with van der Waals surface area (Å²) >= 11 is 0. The van der Waals surface area contributed by atoms with Gasteiger partial charge in [-0.05, 0) is 25.7 Å². The molecule has 15 heavy (non-hydrogen) atoms. The molecule has 0 spiro atoms. The van der Waals surface area contributed by atoms with E-state index in [1.165, 1.54) is 0 Å². The summed E-state index contributed by atoms with van der Waals surface area (Å²) in [5, 5.41) is 18.5. The highest BCUT2D eigenvalue weighted by molar-refractivity contribution is 4.82. The van der Waals surface area contributed by atoms with Crippen molar-refractivity contribution in [1.29, 1.82) is 0 Å². The first-order chi connectivity index (χ1) is 7.29. The van der Waals surface area contributed by atoms with Gasteiger partial charge in [-0.3, -0.25) is 4.90 Å². The average Bonchev–Trinajstić information content (AvgIpc) is 2.30. The highest BCUT2D eigenvalue weighted by atomic mass is 16.5. The van der Waals surface area contributed by atoms with Gasteiger partial charge in [0.05, 0.1) is 25.4 Å². The Labute approximate surface area is 90.8 Å². The van der Waals surface area contributed by atoms with E-state index in [0.717, 1.165) is 45.4 Å². The number of rotatable bonds is 2. The first-order valence-electron chi connectivity index (χ1n) is 5.94. The first kappa shape index (κ1) is 11.3. The van der Waals surface area contributed by atoms with Crippen LogP contribution in [0.5, 0.6) is 0 Å². The van der Waals surface area contributed by atoms with Crippen molar-refractivity contribution in [2.24, 2.45) is 0 Å². The van der Waals surface area contributed by atoms with Crippen molar-refractivity contribution in [1.82, 2.24) is 4.90 Å². The Morgan fingerprint density at radius 3 is 2.60 bits per heavy atom. The van der Waals surface area contributed by atoms with Crippen molar-refractivity contribution < 1.29 is 14.9 Å². The van der Waals surface area contributed by atoms with E-state index in [1.54, 1.807) is 0 Å². The van der Waals surface area contributed by atoms with Crippen LogP contribution < -0.4 is 0 Å². The molecule has 88 valence electrons. The zero-order chi connectivity index (χ0) is 10.7. The SMILES string of the molecule is OCC1CN(C2CCC(O)CC2)CCO1. The number of ether oxygens (including phenoxy) is 1. The molecule has 4 nitrogen and oxygen atoms in total. The molecular weight excluding hydrogens is 194 g/mol. The lowest BCUT2D eigenvalue weighted by atomic mass is 9.91. The number of hydrogen-bond donors (Lipinski definition) is 2. The second kappa shape index (κ2) is 5.25. The van der Waals surface area contributed by atoms with Crippen LogP contribution in [0.1, 0.15) is 25.7 Å². The maximum atomic E-state index is 9.44. The van der Waals surface area contributed by atoms with E-state index >= 15 is 0 Å². The van der Waals surface area contributed by atoms with Crippen molar-refractivity contribution in [3.8, 4) is 0 Å². The minimum Gasteiger partial charge on any atom is -0.394 e. The van der Waals surface area contributed by atoms with Crippen LogP contribution in [0.15, 0.2) is 0 Å². The molecule has 0 bridgehead atoms. The van der Waals surface area contributed by atoms with Crippen LogP contribution in [0.4, 0.5) is 0 Å². The number of aliphatic hydroxyl groups excluding tert-OH is 2. The monoisotopic (exact) mass is 215 g/mol. The zero-order valence-corrected chi connectivity index (χ0v) is 9.14. The predicted octanol–water partition coefficient (Wildman–Crippen LogP) is -0.0170. The Balaban J connectivity index is 1.82. The summed E-state index contributed by atoms with van der Waals surface area (Å²) < 4.78 is 5.43. The molecule has 1 heterocycles. The Morgan fingerprint density at radius 1 is 1.20 bits per heavy atom. The largest absolute Gasteiger partial charge is 0.394 e. The van der Waals surface area contributed by atoms with Gasteiger partial charge in [-0.1, -0.05) is 0 Å². The summed E-state index contributed by atoms with van der Waals surface area (Å²) in [6.07, 6.45) is 3.91. The summed E-state index contributed by atoms with van der Waals surface area (Å²) in [6.45, 7) is 2.66. The predicted molar refractivity (Wildman–Crippen MR) is 56.7 cm³/mol. The molecule has 0 amide bonds. The number of nitrogens with zero attached hydrogens (tertiary/aromatic N) is 1. The van der Waals surface area contributed by atoms with Gasteiger partial charge in [0.1, 0.15) is 0 Å². The topological polar surface area (TPSA) is 52.9 Å². The molecule has 1 atom stereocenters. The molecule has 1 saturated carbocycles. The van der Waals surface area contributed by atoms with Crippen LogP contribution in [0.2, 0.25) is 0 Å². The van der Waals surface area contributed by atoms with Crippen molar-refractivity contribution in [3.63, 3.8) is 0 Å². The maximum absolute atomic E-state index is 9.44. The molecule has 0 aromatic heterocycles. The highest BCUT2D eigenvalue weighted by Crippen LogP contribution is 2.24. The van der Waals surface area contributed by atoms with E-state index in [2.05, 4.69) is 4.90 Å². The zero-order valence-electron chi connectivity index (χ0n) is 9.14. The van der Waals surface area contributed by atoms with Crippen LogP contribution in [0.3, 0.4) is 0 Å². The summed E-state index contributed by atoms with van der Waals surface area (Å²) in [6, 6.07) is 0.589. The number of hydrogen-bond acceptors (Lipinski definition) is 4. The number of aliphatic hydroxyl groups is 2. The quantitative estimate of drug-likeness (QED) is 0.680. The summed E-state index contributed by atoms with van der Waals surface area (Å²) in [5.74, 6) is 0. The van der Waals surface area contributed by atoms with Crippen molar-refractivity contribution in [2.75, 3.05) is 26.3 Å². The molecule has 1 unspecified atom stereocenters. The van der Waals surface area contributed by atoms with Crippen LogP contribution in [-0.2, 0) is 4.74 Å². The molecule has 0 aromatic carbocycles. The molecule has 1 aliphatic carbocycles. The molecule has 2 aliphatic rings. The third kappa shape index (κ3) is 2.91. The second-order valence-corrected chi connectivity index (χ2v) is 4.63. The van der Waals surface area contributed by atoms with E-state index in [0.29, 0.717) is 6.04 Å². The van der Waals surface area contributed by atoms with E-state index in [1.807, 2.05) is 0 Å². The molecule has 0 radical (unpaired) electrons. The Morgan fingerprint density at radius 2 is 1.93 bits per heavy atom. The Kier molecular flexibility index (Phi) is 3.97. The van der Waals surface area contributed by atoms with Gasteiger partial charge < -0.3 is 14.9 Å². The van der Waals surface area contributed by atoms with Crippen molar-refractivity contribution >= 4 is 0 Å². The molecule has 2 fully saturated rings. The Bertz CT molecular complexity index is 192. The van der Waals surface area contributed by atoms with Gasteiger partial charge in [-0.15, -0.1) is 0 Å². The molecule has 1 aliphatic heterocycles. The van der Waals surface area contributed by atoms with E-state index in [-0.39, 0.29) is 18.8 Å². The molecular formula is C11H21NO3. The standard InChI is InChI=1S/C11H21NO3/c13-8-11-7-12(5-6-15-11)9-1-3-10(14)4-2-9/h9-11,13-14H,1-8H2. The number of morpholine rings is 1. The van der Waals surface area contributed by atoms with Gasteiger partial charge in [0.15, 0.2) is 0 Å². The lowest BCUT2D eigenvalue weighted by molar-refractivity contribution is -0.0722. The van der Waals surface area contributed by atoms with Crippen LogP contribution in [0.25, 0.3) is 0 Å². The average molecular weight is 215 g/mol. The van der Waals surface area contributed by atoms with Gasteiger partial charge in [0.2, 0.25) is 0 Å². The van der Waals surface area contributed by atoms with Gasteiger partial charge >= 0.3 is 0 Å². The minimum absolute atomic E-state index is 0.00870. The lowest BCUT2D eigenvalue weighted by Gasteiger charge is -2.40.